The molecule has 0 bridgehead atoms. The highest BCUT2D eigenvalue weighted by Crippen LogP contribution is 2.25. The molecule has 2 heterocycles. The van der Waals surface area contributed by atoms with Crippen LogP contribution in [-0.4, -0.2) is 48.6 Å². The van der Waals surface area contributed by atoms with Crippen LogP contribution in [0.2, 0.25) is 0 Å². The fourth-order valence-corrected chi connectivity index (χ4v) is 2.91. The second kappa shape index (κ2) is 5.84. The number of aromatic nitrogens is 2. The first-order valence-electron chi connectivity index (χ1n) is 6.21. The van der Waals surface area contributed by atoms with Gasteiger partial charge in [-0.25, -0.2) is 4.98 Å². The highest BCUT2D eigenvalue weighted by Gasteiger charge is 2.22. The zero-order valence-electron chi connectivity index (χ0n) is 10.8. The van der Waals surface area contributed by atoms with Gasteiger partial charge in [0.1, 0.15) is 10.3 Å². The molecule has 0 atom stereocenters. The van der Waals surface area contributed by atoms with Crippen LogP contribution in [-0.2, 0) is 0 Å². The van der Waals surface area contributed by atoms with Crippen molar-refractivity contribution in [1.82, 2.24) is 14.9 Å². The van der Waals surface area contributed by atoms with Crippen molar-refractivity contribution in [3.8, 4) is 0 Å². The summed E-state index contributed by atoms with van der Waals surface area (Å²) in [5, 5.41) is 0. The van der Waals surface area contributed by atoms with Crippen molar-refractivity contribution in [2.75, 3.05) is 38.6 Å². The third-order valence-electron chi connectivity index (χ3n) is 3.32. The quantitative estimate of drug-likeness (QED) is 0.914. The Morgan fingerprint density at radius 1 is 1.50 bits per heavy atom. The van der Waals surface area contributed by atoms with Crippen LogP contribution in [0.3, 0.4) is 0 Å². The normalized spacial score (nSPS) is 17.4. The Bertz CT molecular complexity index is 452. The van der Waals surface area contributed by atoms with E-state index in [1.807, 2.05) is 0 Å². The number of nitrogens with one attached hydrogen (secondary N) is 1. The average molecular weight is 315 g/mol. The number of hydrogen-bond donors (Lipinski definition) is 1. The second-order valence-electron chi connectivity index (χ2n) is 5.06. The van der Waals surface area contributed by atoms with Crippen molar-refractivity contribution in [3.63, 3.8) is 0 Å². The summed E-state index contributed by atoms with van der Waals surface area (Å²) in [4.78, 5) is 22.8. The lowest BCUT2D eigenvalue weighted by molar-refractivity contribution is 0.284. The fraction of sp³-hybridized carbons (Fsp3) is 0.667. The van der Waals surface area contributed by atoms with E-state index in [0.29, 0.717) is 4.47 Å². The summed E-state index contributed by atoms with van der Waals surface area (Å²) < 4.78 is 0.538. The topological polar surface area (TPSA) is 52.2 Å². The number of rotatable bonds is 3. The van der Waals surface area contributed by atoms with Crippen molar-refractivity contribution < 1.29 is 0 Å². The van der Waals surface area contributed by atoms with Gasteiger partial charge < -0.3 is 14.8 Å². The van der Waals surface area contributed by atoms with Crippen LogP contribution in [0.5, 0.6) is 0 Å². The summed E-state index contributed by atoms with van der Waals surface area (Å²) in [6.07, 6.45) is 3.77. The van der Waals surface area contributed by atoms with Crippen molar-refractivity contribution in [1.29, 1.82) is 0 Å². The number of aromatic amines is 1. The van der Waals surface area contributed by atoms with Gasteiger partial charge in [-0.15, -0.1) is 0 Å². The summed E-state index contributed by atoms with van der Waals surface area (Å²) in [5.74, 6) is 1.51. The molecule has 0 spiro atoms. The van der Waals surface area contributed by atoms with E-state index in [-0.39, 0.29) is 5.56 Å². The predicted octanol–water partition coefficient (Wildman–Crippen LogP) is 1.31. The molecule has 18 heavy (non-hydrogen) atoms. The van der Waals surface area contributed by atoms with Crippen LogP contribution in [0.15, 0.2) is 15.6 Å². The summed E-state index contributed by atoms with van der Waals surface area (Å²) in [6.45, 7) is 3.07. The molecule has 1 aliphatic heterocycles. The van der Waals surface area contributed by atoms with Crippen LogP contribution >= 0.6 is 15.9 Å². The van der Waals surface area contributed by atoms with E-state index < -0.39 is 0 Å². The van der Waals surface area contributed by atoms with E-state index in [0.717, 1.165) is 44.2 Å². The summed E-state index contributed by atoms with van der Waals surface area (Å²) in [7, 11) is 4.22. The molecule has 0 amide bonds. The molecule has 1 saturated heterocycles. The summed E-state index contributed by atoms with van der Waals surface area (Å²) in [5.41, 5.74) is -0.115. The SMILES string of the molecule is CN(C)CC1CCN(c2nc[nH]c(=O)c2Br)CC1. The van der Waals surface area contributed by atoms with E-state index in [1.54, 1.807) is 0 Å². The van der Waals surface area contributed by atoms with Crippen LogP contribution in [0.1, 0.15) is 12.8 Å². The van der Waals surface area contributed by atoms with Crippen LogP contribution in [0.25, 0.3) is 0 Å². The zero-order valence-corrected chi connectivity index (χ0v) is 12.4. The lowest BCUT2D eigenvalue weighted by Gasteiger charge is -2.34. The number of anilines is 1. The molecule has 1 aliphatic rings. The van der Waals surface area contributed by atoms with Gasteiger partial charge in [0.05, 0.1) is 6.33 Å². The molecule has 5 nitrogen and oxygen atoms in total. The molecular formula is C12H19BrN4O. The molecule has 0 aliphatic carbocycles. The first-order chi connectivity index (χ1) is 8.58. The summed E-state index contributed by atoms with van der Waals surface area (Å²) >= 11 is 3.31. The number of nitrogens with zero attached hydrogens (tertiary/aromatic N) is 3. The van der Waals surface area contributed by atoms with Crippen molar-refractivity contribution in [2.45, 2.75) is 12.8 Å². The Labute approximate surface area is 115 Å². The minimum Gasteiger partial charge on any atom is -0.355 e. The molecule has 2 rings (SSSR count). The largest absolute Gasteiger partial charge is 0.355 e. The minimum atomic E-state index is -0.115. The number of piperidine rings is 1. The van der Waals surface area contributed by atoms with E-state index in [2.05, 4.69) is 49.8 Å². The van der Waals surface area contributed by atoms with Gasteiger partial charge in [0.25, 0.3) is 5.56 Å². The van der Waals surface area contributed by atoms with Gasteiger partial charge in [-0.05, 0) is 48.8 Å². The molecule has 0 aromatic carbocycles. The minimum absolute atomic E-state index is 0.115. The number of H-pyrrole nitrogens is 1. The molecule has 6 heteroatoms. The van der Waals surface area contributed by atoms with Gasteiger partial charge in [0.15, 0.2) is 0 Å². The third kappa shape index (κ3) is 3.11. The highest BCUT2D eigenvalue weighted by atomic mass is 79.9. The maximum Gasteiger partial charge on any atom is 0.267 e. The van der Waals surface area contributed by atoms with Gasteiger partial charge >= 0.3 is 0 Å². The number of halogens is 1. The smallest absolute Gasteiger partial charge is 0.267 e. The van der Waals surface area contributed by atoms with Gasteiger partial charge in [-0.2, -0.15) is 0 Å². The molecule has 1 fully saturated rings. The van der Waals surface area contributed by atoms with Gasteiger partial charge in [-0.1, -0.05) is 0 Å². The summed E-state index contributed by atoms with van der Waals surface area (Å²) in [6, 6.07) is 0. The standard InChI is InChI=1S/C12H19BrN4O/c1-16(2)7-9-3-5-17(6-4-9)11-10(13)12(18)15-8-14-11/h8-9H,3-7H2,1-2H3,(H,14,15,18). The van der Waals surface area contributed by atoms with Gasteiger partial charge in [0, 0.05) is 19.6 Å². The lowest BCUT2D eigenvalue weighted by Crippen LogP contribution is -2.38. The van der Waals surface area contributed by atoms with Crippen LogP contribution in [0, 0.1) is 5.92 Å². The van der Waals surface area contributed by atoms with E-state index in [9.17, 15) is 4.79 Å². The molecule has 0 saturated carbocycles. The average Bonchev–Trinajstić information content (AvgIpc) is 2.33. The molecule has 1 aromatic rings. The fourth-order valence-electron chi connectivity index (χ4n) is 2.44. The first-order valence-corrected chi connectivity index (χ1v) is 7.00. The Kier molecular flexibility index (Phi) is 4.40. The Morgan fingerprint density at radius 2 is 2.17 bits per heavy atom. The second-order valence-corrected chi connectivity index (χ2v) is 5.85. The van der Waals surface area contributed by atoms with E-state index in [1.165, 1.54) is 6.33 Å². The molecule has 0 unspecified atom stereocenters. The molecule has 1 N–H and O–H groups in total. The molecule has 0 radical (unpaired) electrons. The van der Waals surface area contributed by atoms with E-state index in [4.69, 9.17) is 0 Å². The molecular weight excluding hydrogens is 296 g/mol. The Hall–Kier alpha value is -0.880. The van der Waals surface area contributed by atoms with Crippen molar-refractivity contribution >= 4 is 21.7 Å². The monoisotopic (exact) mass is 314 g/mol. The third-order valence-corrected chi connectivity index (χ3v) is 4.03. The maximum atomic E-state index is 11.5. The Morgan fingerprint density at radius 3 is 2.78 bits per heavy atom. The van der Waals surface area contributed by atoms with Gasteiger partial charge in [-0.3, -0.25) is 4.79 Å². The maximum absolute atomic E-state index is 11.5. The van der Waals surface area contributed by atoms with Crippen molar-refractivity contribution in [2.24, 2.45) is 5.92 Å². The van der Waals surface area contributed by atoms with Gasteiger partial charge in [0.2, 0.25) is 0 Å². The van der Waals surface area contributed by atoms with Crippen molar-refractivity contribution in [3.05, 3.63) is 21.2 Å². The highest BCUT2D eigenvalue weighted by molar-refractivity contribution is 9.10. The molecule has 100 valence electrons. The number of hydrogen-bond acceptors (Lipinski definition) is 4. The van der Waals surface area contributed by atoms with E-state index >= 15 is 0 Å². The lowest BCUT2D eigenvalue weighted by atomic mass is 9.96. The van der Waals surface area contributed by atoms with Crippen LogP contribution in [0.4, 0.5) is 5.82 Å². The Balaban J connectivity index is 2.01. The predicted molar refractivity (Wildman–Crippen MR) is 76.0 cm³/mol. The van der Waals surface area contributed by atoms with Crippen LogP contribution < -0.4 is 10.5 Å². The zero-order chi connectivity index (χ0) is 13.1. The first kappa shape index (κ1) is 13.5. The molecule has 1 aromatic heterocycles.